The Balaban J connectivity index is 1.40. The number of benzene rings is 2. The molecule has 1 aliphatic rings. The van der Waals surface area contributed by atoms with Gasteiger partial charge in [0, 0.05) is 37.6 Å². The average Bonchev–Trinajstić information content (AvgIpc) is 2.81. The fourth-order valence-electron chi connectivity index (χ4n) is 3.73. The second-order valence-electron chi connectivity index (χ2n) is 8.46. The number of sulfonamides is 2. The number of hydrogen-bond donors (Lipinski definition) is 1. The average molecular weight is 589 g/mol. The van der Waals surface area contributed by atoms with Gasteiger partial charge in [0.25, 0.3) is 0 Å². The van der Waals surface area contributed by atoms with E-state index in [4.69, 9.17) is 4.74 Å². The van der Waals surface area contributed by atoms with Crippen molar-refractivity contribution in [3.05, 3.63) is 58.6 Å². The van der Waals surface area contributed by atoms with Crippen molar-refractivity contribution in [2.24, 2.45) is 5.92 Å². The van der Waals surface area contributed by atoms with Crippen LogP contribution in [-0.2, 0) is 30.6 Å². The monoisotopic (exact) mass is 587 g/mol. The first-order valence-corrected chi connectivity index (χ1v) is 15.0. The summed E-state index contributed by atoms with van der Waals surface area (Å²) in [5.74, 6) is 0.0664. The van der Waals surface area contributed by atoms with E-state index in [9.17, 15) is 21.6 Å². The van der Waals surface area contributed by atoms with Gasteiger partial charge < -0.3 is 10.1 Å². The van der Waals surface area contributed by atoms with Crippen LogP contribution in [0, 0.1) is 5.92 Å². The minimum atomic E-state index is -3.50. The van der Waals surface area contributed by atoms with Crippen molar-refractivity contribution in [2.45, 2.75) is 23.5 Å². The molecule has 35 heavy (non-hydrogen) atoms. The highest BCUT2D eigenvalue weighted by Crippen LogP contribution is 2.23. The molecule has 2 aromatic rings. The van der Waals surface area contributed by atoms with E-state index in [2.05, 4.69) is 21.2 Å². The molecule has 0 radical (unpaired) electrons. The van der Waals surface area contributed by atoms with Gasteiger partial charge in [0.2, 0.25) is 26.0 Å². The molecular formula is C23H30BrN3O6S2. The Bertz CT molecular complexity index is 1230. The van der Waals surface area contributed by atoms with E-state index in [0.717, 1.165) is 8.78 Å². The van der Waals surface area contributed by atoms with Gasteiger partial charge in [-0.25, -0.2) is 25.4 Å². The molecule has 2 aromatic carbocycles. The van der Waals surface area contributed by atoms with Crippen molar-refractivity contribution in [1.29, 1.82) is 0 Å². The Morgan fingerprint density at radius 3 is 2.34 bits per heavy atom. The van der Waals surface area contributed by atoms with Crippen LogP contribution in [0.2, 0.25) is 0 Å². The number of carbonyl (C=O) groups is 1. The molecule has 1 fully saturated rings. The first-order chi connectivity index (χ1) is 16.5. The second-order valence-corrected chi connectivity index (χ2v) is 13.5. The number of piperidine rings is 1. The fraction of sp³-hybridized carbons (Fsp3) is 0.435. The lowest BCUT2D eigenvalue weighted by Gasteiger charge is -2.30. The molecule has 0 saturated carbocycles. The Kier molecular flexibility index (Phi) is 9.33. The molecule has 0 spiro atoms. The van der Waals surface area contributed by atoms with Gasteiger partial charge in [-0.05, 0) is 54.8 Å². The van der Waals surface area contributed by atoms with Crippen molar-refractivity contribution in [3.8, 4) is 5.75 Å². The highest BCUT2D eigenvalue weighted by atomic mass is 79.9. The van der Waals surface area contributed by atoms with E-state index in [-0.39, 0.29) is 35.6 Å². The van der Waals surface area contributed by atoms with Crippen LogP contribution >= 0.6 is 15.9 Å². The largest absolute Gasteiger partial charge is 0.492 e. The number of nitrogens with one attached hydrogen (secondary N) is 1. The van der Waals surface area contributed by atoms with E-state index in [1.54, 1.807) is 30.3 Å². The molecule has 0 atom stereocenters. The van der Waals surface area contributed by atoms with Gasteiger partial charge in [0.15, 0.2) is 0 Å². The summed E-state index contributed by atoms with van der Waals surface area (Å²) >= 11 is 3.36. The normalized spacial score (nSPS) is 15.8. The first kappa shape index (κ1) is 27.6. The zero-order valence-electron chi connectivity index (χ0n) is 19.7. The minimum Gasteiger partial charge on any atom is -0.492 e. The number of amides is 1. The predicted octanol–water partition coefficient (Wildman–Crippen LogP) is 2.44. The lowest BCUT2D eigenvalue weighted by Crippen LogP contribution is -2.43. The zero-order chi connectivity index (χ0) is 25.6. The number of halogens is 1. The van der Waals surface area contributed by atoms with E-state index in [1.807, 2.05) is 6.07 Å². The third-order valence-electron chi connectivity index (χ3n) is 5.73. The van der Waals surface area contributed by atoms with Crippen LogP contribution in [0.25, 0.3) is 0 Å². The van der Waals surface area contributed by atoms with Gasteiger partial charge >= 0.3 is 0 Å². The Labute approximate surface area is 215 Å². The molecule has 1 aliphatic heterocycles. The maximum absolute atomic E-state index is 12.8. The summed E-state index contributed by atoms with van der Waals surface area (Å²) in [6.07, 6.45) is 0.929. The minimum absolute atomic E-state index is 0.0668. The van der Waals surface area contributed by atoms with Gasteiger partial charge in [0.1, 0.15) is 12.4 Å². The number of carbonyl (C=O) groups excluding carboxylic acids is 1. The third kappa shape index (κ3) is 7.50. The van der Waals surface area contributed by atoms with Gasteiger partial charge in [-0.15, -0.1) is 0 Å². The van der Waals surface area contributed by atoms with E-state index >= 15 is 0 Å². The van der Waals surface area contributed by atoms with Crippen molar-refractivity contribution >= 4 is 41.9 Å². The molecule has 0 aliphatic carbocycles. The predicted molar refractivity (Wildman–Crippen MR) is 137 cm³/mol. The quantitative estimate of drug-likeness (QED) is 0.427. The molecule has 1 saturated heterocycles. The summed E-state index contributed by atoms with van der Waals surface area (Å²) in [6.45, 7) is 1.14. The maximum atomic E-state index is 12.8. The molecule has 9 nitrogen and oxygen atoms in total. The van der Waals surface area contributed by atoms with Crippen LogP contribution < -0.4 is 10.1 Å². The van der Waals surface area contributed by atoms with Gasteiger partial charge in [-0.2, -0.15) is 0 Å². The molecule has 1 heterocycles. The summed E-state index contributed by atoms with van der Waals surface area (Å²) in [4.78, 5) is 12.7. The standard InChI is InChI=1S/C23H30BrN3O6S2/c1-26(2)35(31,32)22-8-6-21(7-9-22)33-15-12-25-23(28)19-10-13-27(14-11-19)34(29,30)17-18-4-3-5-20(24)16-18/h3-9,16,19H,10-15,17H2,1-2H3,(H,25,28). The third-order valence-corrected chi connectivity index (χ3v) is 9.90. The van der Waals surface area contributed by atoms with E-state index < -0.39 is 20.0 Å². The molecule has 192 valence electrons. The van der Waals surface area contributed by atoms with Crippen molar-refractivity contribution in [1.82, 2.24) is 13.9 Å². The summed E-state index contributed by atoms with van der Waals surface area (Å²) in [6, 6.07) is 13.3. The van der Waals surface area contributed by atoms with E-state index in [0.29, 0.717) is 37.2 Å². The summed E-state index contributed by atoms with van der Waals surface area (Å²) < 4.78 is 58.7. The smallest absolute Gasteiger partial charge is 0.242 e. The molecule has 0 bridgehead atoms. The molecule has 3 rings (SSSR count). The summed E-state index contributed by atoms with van der Waals surface area (Å²) in [5, 5.41) is 2.83. The van der Waals surface area contributed by atoms with Crippen LogP contribution in [0.1, 0.15) is 18.4 Å². The van der Waals surface area contributed by atoms with Crippen LogP contribution in [0.5, 0.6) is 5.75 Å². The van der Waals surface area contributed by atoms with Crippen molar-refractivity contribution in [2.75, 3.05) is 40.3 Å². The lowest BCUT2D eigenvalue weighted by molar-refractivity contribution is -0.126. The van der Waals surface area contributed by atoms with Gasteiger partial charge in [0.05, 0.1) is 17.2 Å². The maximum Gasteiger partial charge on any atom is 0.242 e. The summed E-state index contributed by atoms with van der Waals surface area (Å²) in [7, 11) is -4.01. The molecule has 1 N–H and O–H groups in total. The summed E-state index contributed by atoms with van der Waals surface area (Å²) in [5.41, 5.74) is 0.716. The number of rotatable bonds is 10. The lowest BCUT2D eigenvalue weighted by atomic mass is 9.97. The molecule has 0 unspecified atom stereocenters. The van der Waals surface area contributed by atoms with Gasteiger partial charge in [-0.1, -0.05) is 28.1 Å². The van der Waals surface area contributed by atoms with Crippen molar-refractivity contribution in [3.63, 3.8) is 0 Å². The topological polar surface area (TPSA) is 113 Å². The fourth-order valence-corrected chi connectivity index (χ4v) is 6.63. The number of hydrogen-bond acceptors (Lipinski definition) is 6. The Morgan fingerprint density at radius 2 is 1.74 bits per heavy atom. The first-order valence-electron chi connectivity index (χ1n) is 11.1. The highest BCUT2D eigenvalue weighted by Gasteiger charge is 2.31. The van der Waals surface area contributed by atoms with Gasteiger partial charge in [-0.3, -0.25) is 4.79 Å². The molecule has 12 heteroatoms. The SMILES string of the molecule is CN(C)S(=O)(=O)c1ccc(OCCNC(=O)C2CCN(S(=O)(=O)Cc3cccc(Br)c3)CC2)cc1. The van der Waals surface area contributed by atoms with E-state index in [1.165, 1.54) is 30.5 Å². The number of nitrogens with zero attached hydrogens (tertiary/aromatic N) is 2. The van der Waals surface area contributed by atoms with Crippen LogP contribution in [0.4, 0.5) is 0 Å². The zero-order valence-corrected chi connectivity index (χ0v) is 22.9. The molecule has 0 aromatic heterocycles. The van der Waals surface area contributed by atoms with Crippen LogP contribution in [0.3, 0.4) is 0 Å². The highest BCUT2D eigenvalue weighted by molar-refractivity contribution is 9.10. The van der Waals surface area contributed by atoms with Crippen molar-refractivity contribution < 1.29 is 26.4 Å². The molecule has 1 amide bonds. The second kappa shape index (κ2) is 11.8. The molecular weight excluding hydrogens is 558 g/mol. The Hall–Kier alpha value is -1.99. The van der Waals surface area contributed by atoms with Crippen LogP contribution in [-0.4, -0.2) is 71.7 Å². The Morgan fingerprint density at radius 1 is 1.09 bits per heavy atom. The number of ether oxygens (including phenoxy) is 1. The van der Waals surface area contributed by atoms with Crippen LogP contribution in [0.15, 0.2) is 57.9 Å².